The molecule has 0 heterocycles. The third kappa shape index (κ3) is 4.20. The number of amides is 1. The van der Waals surface area contributed by atoms with Crippen molar-refractivity contribution in [3.8, 4) is 0 Å². The third-order valence-corrected chi connectivity index (χ3v) is 2.48. The molecule has 0 bridgehead atoms. The van der Waals surface area contributed by atoms with E-state index in [4.69, 9.17) is 5.11 Å². The highest BCUT2D eigenvalue weighted by Crippen LogP contribution is 2.24. The summed E-state index contributed by atoms with van der Waals surface area (Å²) in [5, 5.41) is 22.5. The van der Waals surface area contributed by atoms with Crippen LogP contribution in [0.1, 0.15) is 29.3 Å². The molecule has 106 valence electrons. The molecule has 0 aromatic heterocycles. The van der Waals surface area contributed by atoms with E-state index >= 15 is 0 Å². The predicted octanol–water partition coefficient (Wildman–Crippen LogP) is 1.83. The first-order chi connectivity index (χ1) is 9.43. The van der Waals surface area contributed by atoms with Gasteiger partial charge in [0.1, 0.15) is 0 Å². The third-order valence-electron chi connectivity index (χ3n) is 2.48. The SMILES string of the molecule is CC(=O)NCCC=Cc1c(C(=O)O)cccc1[N+](=O)[O-]. The Morgan fingerprint density at radius 2 is 2.15 bits per heavy atom. The highest BCUT2D eigenvalue weighted by Gasteiger charge is 2.18. The number of nitrogens with zero attached hydrogens (tertiary/aromatic N) is 1. The molecule has 0 aliphatic rings. The van der Waals surface area contributed by atoms with Crippen molar-refractivity contribution in [1.29, 1.82) is 0 Å². The van der Waals surface area contributed by atoms with Crippen molar-refractivity contribution < 1.29 is 19.6 Å². The van der Waals surface area contributed by atoms with Crippen molar-refractivity contribution in [3.05, 3.63) is 45.5 Å². The second-order valence-corrected chi connectivity index (χ2v) is 3.97. The molecule has 2 N–H and O–H groups in total. The standard InChI is InChI=1S/C13H14N2O5/c1-9(16)14-8-3-2-5-10-11(13(17)18)6-4-7-12(10)15(19)20/h2,4-7H,3,8H2,1H3,(H,14,16)(H,17,18). The summed E-state index contributed by atoms with van der Waals surface area (Å²) >= 11 is 0. The van der Waals surface area contributed by atoms with Gasteiger partial charge in [-0.3, -0.25) is 14.9 Å². The van der Waals surface area contributed by atoms with Gasteiger partial charge in [-0.1, -0.05) is 18.2 Å². The van der Waals surface area contributed by atoms with Crippen LogP contribution in [0.3, 0.4) is 0 Å². The van der Waals surface area contributed by atoms with Crippen LogP contribution in [0.2, 0.25) is 0 Å². The first-order valence-electron chi connectivity index (χ1n) is 5.85. The number of carboxylic acids is 1. The first-order valence-corrected chi connectivity index (χ1v) is 5.85. The monoisotopic (exact) mass is 278 g/mol. The molecule has 0 fully saturated rings. The van der Waals surface area contributed by atoms with Gasteiger partial charge in [0.25, 0.3) is 5.69 Å². The van der Waals surface area contributed by atoms with Gasteiger partial charge in [0.2, 0.25) is 5.91 Å². The molecule has 0 saturated carbocycles. The Kier molecular flexibility index (Phi) is 5.40. The van der Waals surface area contributed by atoms with Crippen LogP contribution in [-0.2, 0) is 4.79 Å². The molecule has 1 amide bonds. The minimum absolute atomic E-state index is 0.0489. The number of rotatable bonds is 6. The normalized spacial score (nSPS) is 10.4. The maximum absolute atomic E-state index is 11.1. The van der Waals surface area contributed by atoms with E-state index in [1.165, 1.54) is 31.2 Å². The van der Waals surface area contributed by atoms with E-state index in [0.717, 1.165) is 0 Å². The first kappa shape index (κ1) is 15.4. The minimum Gasteiger partial charge on any atom is -0.478 e. The van der Waals surface area contributed by atoms with E-state index in [1.807, 2.05) is 0 Å². The lowest BCUT2D eigenvalue weighted by molar-refractivity contribution is -0.385. The fraction of sp³-hybridized carbons (Fsp3) is 0.231. The number of nitro groups is 1. The zero-order valence-electron chi connectivity index (χ0n) is 10.8. The van der Waals surface area contributed by atoms with Crippen LogP contribution in [0.5, 0.6) is 0 Å². The summed E-state index contributed by atoms with van der Waals surface area (Å²) in [6, 6.07) is 3.89. The summed E-state index contributed by atoms with van der Waals surface area (Å²) in [4.78, 5) is 32.0. The maximum Gasteiger partial charge on any atom is 0.336 e. The van der Waals surface area contributed by atoms with Gasteiger partial charge in [0.05, 0.1) is 16.1 Å². The minimum atomic E-state index is -1.23. The molecule has 0 atom stereocenters. The van der Waals surface area contributed by atoms with Gasteiger partial charge in [-0.25, -0.2) is 4.79 Å². The number of nitrogens with one attached hydrogen (secondary N) is 1. The molecule has 1 aromatic rings. The number of nitro benzene ring substituents is 1. The van der Waals surface area contributed by atoms with Gasteiger partial charge in [-0.2, -0.15) is 0 Å². The van der Waals surface area contributed by atoms with Crippen molar-refractivity contribution in [2.75, 3.05) is 6.54 Å². The van der Waals surface area contributed by atoms with E-state index in [-0.39, 0.29) is 22.7 Å². The summed E-state index contributed by atoms with van der Waals surface area (Å²) in [7, 11) is 0. The molecule has 0 spiro atoms. The molecule has 7 heteroatoms. The molecule has 0 radical (unpaired) electrons. The van der Waals surface area contributed by atoms with Gasteiger partial charge in [-0.15, -0.1) is 0 Å². The molecular weight excluding hydrogens is 264 g/mol. The zero-order chi connectivity index (χ0) is 15.1. The lowest BCUT2D eigenvalue weighted by Crippen LogP contribution is -2.20. The molecule has 1 aromatic carbocycles. The molecular formula is C13H14N2O5. The van der Waals surface area contributed by atoms with E-state index in [9.17, 15) is 19.7 Å². The Hall–Kier alpha value is -2.70. The van der Waals surface area contributed by atoms with E-state index in [0.29, 0.717) is 13.0 Å². The zero-order valence-corrected chi connectivity index (χ0v) is 10.8. The van der Waals surface area contributed by atoms with Gasteiger partial charge in [-0.05, 0) is 12.5 Å². The number of carbonyl (C=O) groups excluding carboxylic acids is 1. The lowest BCUT2D eigenvalue weighted by atomic mass is 10.0. The van der Waals surface area contributed by atoms with Crippen molar-refractivity contribution in [2.24, 2.45) is 0 Å². The van der Waals surface area contributed by atoms with Crippen LogP contribution >= 0.6 is 0 Å². The van der Waals surface area contributed by atoms with Crippen LogP contribution in [0.4, 0.5) is 5.69 Å². The van der Waals surface area contributed by atoms with Gasteiger partial charge < -0.3 is 10.4 Å². The molecule has 7 nitrogen and oxygen atoms in total. The molecule has 20 heavy (non-hydrogen) atoms. The van der Waals surface area contributed by atoms with Crippen molar-refractivity contribution >= 4 is 23.6 Å². The summed E-state index contributed by atoms with van der Waals surface area (Å²) in [5.74, 6) is -1.40. The Morgan fingerprint density at radius 3 is 2.70 bits per heavy atom. The highest BCUT2D eigenvalue weighted by molar-refractivity contribution is 5.94. The highest BCUT2D eigenvalue weighted by atomic mass is 16.6. The van der Waals surface area contributed by atoms with E-state index in [1.54, 1.807) is 6.08 Å². The van der Waals surface area contributed by atoms with Gasteiger partial charge >= 0.3 is 5.97 Å². The second-order valence-electron chi connectivity index (χ2n) is 3.97. The number of hydrogen-bond donors (Lipinski definition) is 2. The summed E-state index contributed by atoms with van der Waals surface area (Å²) in [6.07, 6.45) is 3.43. The fourth-order valence-corrected chi connectivity index (χ4v) is 1.61. The topological polar surface area (TPSA) is 110 Å². The molecule has 0 aliphatic carbocycles. The number of carboxylic acid groups (broad SMARTS) is 1. The molecule has 1 rings (SSSR count). The Morgan fingerprint density at radius 1 is 1.45 bits per heavy atom. The molecule has 0 aliphatic heterocycles. The van der Waals surface area contributed by atoms with Crippen molar-refractivity contribution in [3.63, 3.8) is 0 Å². The summed E-state index contributed by atoms with van der Waals surface area (Å²) in [6.45, 7) is 1.77. The number of aromatic carboxylic acids is 1. The summed E-state index contributed by atoms with van der Waals surface area (Å²) < 4.78 is 0. The second kappa shape index (κ2) is 7.03. The smallest absolute Gasteiger partial charge is 0.336 e. The van der Waals surface area contributed by atoms with Crippen LogP contribution < -0.4 is 5.32 Å². The maximum atomic E-state index is 11.1. The quantitative estimate of drug-likeness (QED) is 0.468. The fourth-order valence-electron chi connectivity index (χ4n) is 1.61. The molecule has 0 saturated heterocycles. The number of hydrogen-bond acceptors (Lipinski definition) is 4. The van der Waals surface area contributed by atoms with E-state index < -0.39 is 10.9 Å². The predicted molar refractivity (Wildman–Crippen MR) is 72.4 cm³/mol. The van der Waals surface area contributed by atoms with Crippen molar-refractivity contribution in [2.45, 2.75) is 13.3 Å². The lowest BCUT2D eigenvalue weighted by Gasteiger charge is -2.02. The van der Waals surface area contributed by atoms with E-state index in [2.05, 4.69) is 5.32 Å². The summed E-state index contributed by atoms with van der Waals surface area (Å²) in [5.41, 5.74) is -0.344. The largest absolute Gasteiger partial charge is 0.478 e. The van der Waals surface area contributed by atoms with Crippen LogP contribution in [-0.4, -0.2) is 28.5 Å². The van der Waals surface area contributed by atoms with Crippen molar-refractivity contribution in [1.82, 2.24) is 5.32 Å². The average molecular weight is 278 g/mol. The van der Waals surface area contributed by atoms with Crippen LogP contribution in [0, 0.1) is 10.1 Å². The number of benzene rings is 1. The van der Waals surface area contributed by atoms with Crippen LogP contribution in [0.25, 0.3) is 6.08 Å². The van der Waals surface area contributed by atoms with Crippen LogP contribution in [0.15, 0.2) is 24.3 Å². The number of carbonyl (C=O) groups is 2. The van der Waals surface area contributed by atoms with Gasteiger partial charge in [0, 0.05) is 19.5 Å². The Balaban J connectivity index is 2.96. The Bertz CT molecular complexity index is 534. The van der Waals surface area contributed by atoms with Gasteiger partial charge in [0.15, 0.2) is 0 Å². The average Bonchev–Trinajstić information content (AvgIpc) is 2.37. The molecule has 0 unspecified atom stereocenters. The Labute approximate surface area is 115 Å².